The predicted molar refractivity (Wildman–Crippen MR) is 71.5 cm³/mol. The number of likely N-dealkylation sites (N-methyl/N-ethyl adjacent to an activating group) is 1. The molecule has 1 unspecified atom stereocenters. The Morgan fingerprint density at radius 2 is 2.11 bits per heavy atom. The van der Waals surface area contributed by atoms with Crippen molar-refractivity contribution in [1.29, 1.82) is 0 Å². The molecule has 1 atom stereocenters. The highest BCUT2D eigenvalue weighted by atomic mass is 35.5. The summed E-state index contributed by atoms with van der Waals surface area (Å²) in [6, 6.07) is 2.02. The van der Waals surface area contributed by atoms with Crippen LogP contribution in [0.4, 0.5) is 0 Å². The zero-order valence-electron chi connectivity index (χ0n) is 10.4. The maximum Gasteiger partial charge on any atom is 0.0759 e. The number of aromatic nitrogens is 3. The average molecular weight is 263 g/mol. The monoisotopic (exact) mass is 262 g/mol. The van der Waals surface area contributed by atoms with E-state index in [-0.39, 0.29) is 6.04 Å². The first-order chi connectivity index (χ1) is 8.70. The van der Waals surface area contributed by atoms with E-state index in [0.717, 1.165) is 23.4 Å². The number of halogens is 1. The smallest absolute Gasteiger partial charge is 0.0759 e. The van der Waals surface area contributed by atoms with E-state index in [0.29, 0.717) is 5.02 Å². The molecule has 2 heterocycles. The normalized spacial score (nSPS) is 12.4. The molecule has 0 saturated carbocycles. The molecule has 0 bridgehead atoms. The molecule has 0 aliphatic carbocycles. The zero-order chi connectivity index (χ0) is 13.0. The summed E-state index contributed by atoms with van der Waals surface area (Å²) >= 11 is 6.11. The lowest BCUT2D eigenvalue weighted by molar-refractivity contribution is 0.572. The van der Waals surface area contributed by atoms with Crippen LogP contribution >= 0.6 is 11.6 Å². The largest absolute Gasteiger partial charge is 0.311 e. The van der Waals surface area contributed by atoms with Crippen molar-refractivity contribution in [2.75, 3.05) is 7.05 Å². The molecule has 2 aromatic rings. The van der Waals surface area contributed by atoms with E-state index in [1.165, 1.54) is 0 Å². The first-order valence-corrected chi connectivity index (χ1v) is 6.12. The lowest BCUT2D eigenvalue weighted by atomic mass is 10.0. The van der Waals surface area contributed by atoms with Gasteiger partial charge in [0.1, 0.15) is 0 Å². The molecule has 2 aromatic heterocycles. The summed E-state index contributed by atoms with van der Waals surface area (Å²) in [6.45, 7) is 1.92. The first-order valence-electron chi connectivity index (χ1n) is 5.75. The van der Waals surface area contributed by atoms with Crippen LogP contribution in [0.5, 0.6) is 0 Å². The standard InChI is InChI=1S/C13H15ClN4/c1-9-6-18-13(8-17-9)12(15-2)5-10-3-4-16-7-11(10)14/h3-4,6-8,12,15H,5H2,1-2H3. The van der Waals surface area contributed by atoms with Crippen molar-refractivity contribution in [2.24, 2.45) is 0 Å². The summed E-state index contributed by atoms with van der Waals surface area (Å²) in [5.41, 5.74) is 2.87. The number of hydrogen-bond acceptors (Lipinski definition) is 4. The summed E-state index contributed by atoms with van der Waals surface area (Å²) in [5.74, 6) is 0. The molecule has 4 nitrogen and oxygen atoms in total. The third-order valence-corrected chi connectivity index (χ3v) is 3.13. The van der Waals surface area contributed by atoms with E-state index in [4.69, 9.17) is 11.6 Å². The Bertz CT molecular complexity index is 513. The van der Waals surface area contributed by atoms with Crippen molar-refractivity contribution in [1.82, 2.24) is 20.3 Å². The Morgan fingerprint density at radius 1 is 1.28 bits per heavy atom. The van der Waals surface area contributed by atoms with Crippen LogP contribution in [0.3, 0.4) is 0 Å². The van der Waals surface area contributed by atoms with Gasteiger partial charge in [-0.25, -0.2) is 0 Å². The Morgan fingerprint density at radius 3 is 2.72 bits per heavy atom. The highest BCUT2D eigenvalue weighted by Crippen LogP contribution is 2.21. The quantitative estimate of drug-likeness (QED) is 0.919. The molecule has 0 aromatic carbocycles. The van der Waals surface area contributed by atoms with Crippen LogP contribution in [-0.2, 0) is 6.42 Å². The summed E-state index contributed by atoms with van der Waals surface area (Å²) < 4.78 is 0. The number of rotatable bonds is 4. The Labute approximate surface area is 111 Å². The van der Waals surface area contributed by atoms with Gasteiger partial charge in [-0.3, -0.25) is 15.0 Å². The van der Waals surface area contributed by atoms with Crippen LogP contribution in [-0.4, -0.2) is 22.0 Å². The molecule has 0 saturated heterocycles. The van der Waals surface area contributed by atoms with Gasteiger partial charge in [0.15, 0.2) is 0 Å². The fourth-order valence-corrected chi connectivity index (χ4v) is 1.92. The number of hydrogen-bond donors (Lipinski definition) is 1. The third kappa shape index (κ3) is 3.03. The van der Waals surface area contributed by atoms with E-state index >= 15 is 0 Å². The number of nitrogens with one attached hydrogen (secondary N) is 1. The van der Waals surface area contributed by atoms with Gasteiger partial charge in [-0.05, 0) is 32.0 Å². The molecule has 2 rings (SSSR count). The van der Waals surface area contributed by atoms with E-state index in [2.05, 4.69) is 20.3 Å². The van der Waals surface area contributed by atoms with Crippen LogP contribution in [0.2, 0.25) is 5.02 Å². The highest BCUT2D eigenvalue weighted by Gasteiger charge is 2.13. The molecular weight excluding hydrogens is 248 g/mol. The second kappa shape index (κ2) is 5.89. The summed E-state index contributed by atoms with van der Waals surface area (Å²) in [4.78, 5) is 12.6. The Hall–Kier alpha value is -1.52. The molecule has 0 aliphatic rings. The molecule has 18 heavy (non-hydrogen) atoms. The van der Waals surface area contributed by atoms with Gasteiger partial charge in [0.25, 0.3) is 0 Å². The lowest BCUT2D eigenvalue weighted by Crippen LogP contribution is -2.20. The number of aryl methyl sites for hydroxylation is 1. The van der Waals surface area contributed by atoms with Gasteiger partial charge in [-0.15, -0.1) is 0 Å². The zero-order valence-corrected chi connectivity index (χ0v) is 11.1. The maximum absolute atomic E-state index is 6.11. The topological polar surface area (TPSA) is 50.7 Å². The minimum Gasteiger partial charge on any atom is -0.311 e. The van der Waals surface area contributed by atoms with Crippen molar-refractivity contribution >= 4 is 11.6 Å². The molecule has 0 radical (unpaired) electrons. The van der Waals surface area contributed by atoms with Gasteiger partial charge in [-0.1, -0.05) is 11.6 Å². The first kappa shape index (κ1) is 12.9. The van der Waals surface area contributed by atoms with E-state index in [1.807, 2.05) is 20.0 Å². The third-order valence-electron chi connectivity index (χ3n) is 2.79. The van der Waals surface area contributed by atoms with Crippen LogP contribution < -0.4 is 5.32 Å². The summed E-state index contributed by atoms with van der Waals surface area (Å²) in [6.07, 6.45) is 7.73. The fourth-order valence-electron chi connectivity index (χ4n) is 1.73. The Balaban J connectivity index is 2.20. The van der Waals surface area contributed by atoms with Crippen LogP contribution in [0.1, 0.15) is 23.0 Å². The SMILES string of the molecule is CNC(Cc1ccncc1Cl)c1cnc(C)cn1. The second-order valence-electron chi connectivity index (χ2n) is 4.10. The average Bonchev–Trinajstić information content (AvgIpc) is 2.39. The van der Waals surface area contributed by atoms with Gasteiger partial charge < -0.3 is 5.32 Å². The minimum absolute atomic E-state index is 0.0954. The molecule has 1 N–H and O–H groups in total. The van der Waals surface area contributed by atoms with Crippen LogP contribution in [0, 0.1) is 6.92 Å². The van der Waals surface area contributed by atoms with Crippen molar-refractivity contribution in [3.63, 3.8) is 0 Å². The molecule has 0 aliphatic heterocycles. The highest BCUT2D eigenvalue weighted by molar-refractivity contribution is 6.31. The van der Waals surface area contributed by atoms with Gasteiger partial charge in [0, 0.05) is 18.6 Å². The summed E-state index contributed by atoms with van der Waals surface area (Å²) in [7, 11) is 1.90. The van der Waals surface area contributed by atoms with Crippen molar-refractivity contribution in [3.8, 4) is 0 Å². The molecule has 0 fully saturated rings. The second-order valence-corrected chi connectivity index (χ2v) is 4.50. The molecule has 0 spiro atoms. The number of pyridine rings is 1. The van der Waals surface area contributed by atoms with E-state index in [9.17, 15) is 0 Å². The molecule has 0 amide bonds. The van der Waals surface area contributed by atoms with Crippen LogP contribution in [0.15, 0.2) is 30.9 Å². The van der Waals surface area contributed by atoms with Gasteiger partial charge in [-0.2, -0.15) is 0 Å². The van der Waals surface area contributed by atoms with Crippen molar-refractivity contribution in [3.05, 3.63) is 52.8 Å². The van der Waals surface area contributed by atoms with Crippen molar-refractivity contribution < 1.29 is 0 Å². The van der Waals surface area contributed by atoms with E-state index in [1.54, 1.807) is 24.8 Å². The van der Waals surface area contributed by atoms with Gasteiger partial charge in [0.2, 0.25) is 0 Å². The maximum atomic E-state index is 6.11. The Kier molecular flexibility index (Phi) is 4.23. The fraction of sp³-hybridized carbons (Fsp3) is 0.308. The molecule has 5 heteroatoms. The van der Waals surface area contributed by atoms with Gasteiger partial charge in [0.05, 0.1) is 28.6 Å². The summed E-state index contributed by atoms with van der Waals surface area (Å²) in [5, 5.41) is 3.91. The van der Waals surface area contributed by atoms with Crippen LogP contribution in [0.25, 0.3) is 0 Å². The van der Waals surface area contributed by atoms with Gasteiger partial charge >= 0.3 is 0 Å². The minimum atomic E-state index is 0.0954. The van der Waals surface area contributed by atoms with E-state index < -0.39 is 0 Å². The molecular formula is C13H15ClN4. The lowest BCUT2D eigenvalue weighted by Gasteiger charge is -2.16. The number of nitrogens with zero attached hydrogens (tertiary/aromatic N) is 3. The predicted octanol–water partition coefficient (Wildman–Crippen LogP) is 2.34. The van der Waals surface area contributed by atoms with Crippen molar-refractivity contribution in [2.45, 2.75) is 19.4 Å². The molecule has 94 valence electrons.